The molecular weight excluding hydrogens is 247 g/mol. The largest absolute Gasteiger partial charge is 0.450 e. The number of hydrogen-bond donors (Lipinski definition) is 1. The predicted octanol–water partition coefficient (Wildman–Crippen LogP) is 2.21. The molecule has 0 aliphatic heterocycles. The van der Waals surface area contributed by atoms with Gasteiger partial charge in [-0.15, -0.1) is 0 Å². The minimum absolute atomic E-state index is 0.0826. The van der Waals surface area contributed by atoms with E-state index in [2.05, 4.69) is 9.10 Å². The summed E-state index contributed by atoms with van der Waals surface area (Å²) in [5.74, 6) is -0.603. The molecule has 94 valence electrons. The van der Waals surface area contributed by atoms with Gasteiger partial charge in [-0.05, 0) is 25.1 Å². The second kappa shape index (κ2) is 6.19. The van der Waals surface area contributed by atoms with Crippen molar-refractivity contribution in [3.63, 3.8) is 0 Å². The van der Waals surface area contributed by atoms with E-state index in [0.717, 1.165) is 6.07 Å². The Balaban J connectivity index is 2.77. The van der Waals surface area contributed by atoms with Gasteiger partial charge in [0.15, 0.2) is 0 Å². The van der Waals surface area contributed by atoms with E-state index >= 15 is 0 Å². The average Bonchev–Trinajstić information content (AvgIpc) is 2.14. The van der Waals surface area contributed by atoms with Gasteiger partial charge < -0.3 is 14.7 Å². The predicted molar refractivity (Wildman–Crippen MR) is 62.0 cm³/mol. The monoisotopic (exact) mass is 259 g/mol. The highest BCUT2D eigenvalue weighted by Gasteiger charge is 1.96. The van der Waals surface area contributed by atoms with Gasteiger partial charge in [0.2, 0.25) is 0 Å². The molecule has 17 heavy (non-hydrogen) atoms. The van der Waals surface area contributed by atoms with Crippen molar-refractivity contribution < 1.29 is 18.1 Å². The SMILES string of the molecule is CCOC(=O)N=[S-](=O)Cc1cc(N)cc(F)c1. The van der Waals surface area contributed by atoms with Gasteiger partial charge in [-0.2, -0.15) is 10.6 Å². The highest BCUT2D eigenvalue weighted by Crippen LogP contribution is 2.11. The number of nitrogen functional groups attached to an aromatic ring is 1. The Kier molecular flexibility index (Phi) is 4.89. The van der Waals surface area contributed by atoms with Crippen LogP contribution in [-0.4, -0.2) is 12.7 Å². The zero-order valence-corrected chi connectivity index (χ0v) is 10.00. The molecule has 0 aliphatic carbocycles. The molecule has 1 aromatic carbocycles. The van der Waals surface area contributed by atoms with Crippen LogP contribution in [0.2, 0.25) is 0 Å². The molecule has 1 rings (SSSR count). The number of carbonyl (C=O) groups is 1. The first-order valence-electron chi connectivity index (χ1n) is 4.83. The van der Waals surface area contributed by atoms with E-state index in [1.807, 2.05) is 0 Å². The smallest absolute Gasteiger partial charge is 0.409 e. The van der Waals surface area contributed by atoms with E-state index < -0.39 is 22.5 Å². The summed E-state index contributed by atoms with van der Waals surface area (Å²) in [6, 6.07) is 3.81. The van der Waals surface area contributed by atoms with Crippen LogP contribution >= 0.6 is 0 Å². The van der Waals surface area contributed by atoms with Crippen LogP contribution < -0.4 is 5.73 Å². The number of ether oxygens (including phenoxy) is 1. The third kappa shape index (κ3) is 4.81. The number of hydrogen-bond acceptors (Lipinski definition) is 5. The molecule has 0 atom stereocenters. The fourth-order valence-corrected chi connectivity index (χ4v) is 1.90. The van der Waals surface area contributed by atoms with Gasteiger partial charge in [-0.25, -0.2) is 9.18 Å². The molecule has 0 radical (unpaired) electrons. The maximum absolute atomic E-state index is 13.0. The number of benzene rings is 1. The van der Waals surface area contributed by atoms with Gasteiger partial charge >= 0.3 is 6.09 Å². The highest BCUT2D eigenvalue weighted by molar-refractivity contribution is 7.74. The standard InChI is InChI=1S/C10H12FN2O3S/c1-2-16-10(14)13-17(15)6-7-3-8(11)5-9(12)4-7/h3-5H,2,6,12H2,1H3/q-1. The summed E-state index contributed by atoms with van der Waals surface area (Å²) in [6.45, 7) is 1.77. The van der Waals surface area contributed by atoms with Crippen molar-refractivity contribution in [2.45, 2.75) is 12.7 Å². The number of nitrogens with two attached hydrogens (primary N) is 1. The lowest BCUT2D eigenvalue weighted by Gasteiger charge is -2.06. The number of nitrogens with zero attached hydrogens (tertiary/aromatic N) is 1. The third-order valence-corrected chi connectivity index (χ3v) is 2.65. The summed E-state index contributed by atoms with van der Waals surface area (Å²) in [7, 11) is -1.79. The molecule has 0 heterocycles. The lowest BCUT2D eigenvalue weighted by molar-refractivity contribution is 0.164. The van der Waals surface area contributed by atoms with Crippen LogP contribution in [0.5, 0.6) is 0 Å². The maximum atomic E-state index is 13.0. The third-order valence-electron chi connectivity index (χ3n) is 1.71. The summed E-state index contributed by atoms with van der Waals surface area (Å²) in [4.78, 5) is 10.9. The van der Waals surface area contributed by atoms with Gasteiger partial charge in [0.25, 0.3) is 0 Å². The quantitative estimate of drug-likeness (QED) is 0.666. The van der Waals surface area contributed by atoms with E-state index in [9.17, 15) is 13.4 Å². The molecule has 7 heteroatoms. The van der Waals surface area contributed by atoms with E-state index in [1.165, 1.54) is 12.1 Å². The van der Waals surface area contributed by atoms with E-state index in [-0.39, 0.29) is 18.0 Å². The zero-order chi connectivity index (χ0) is 12.8. The average molecular weight is 259 g/mol. The lowest BCUT2D eigenvalue weighted by Crippen LogP contribution is -1.99. The summed E-state index contributed by atoms with van der Waals surface area (Å²) >= 11 is 0. The molecule has 0 saturated heterocycles. The lowest BCUT2D eigenvalue weighted by atomic mass is 10.2. The summed E-state index contributed by atoms with van der Waals surface area (Å²) in [5.41, 5.74) is 6.06. The molecular formula is C10H12FN2O3S-. The fraction of sp³-hybridized carbons (Fsp3) is 0.300. The van der Waals surface area contributed by atoms with Gasteiger partial charge in [0.1, 0.15) is 5.82 Å². The minimum Gasteiger partial charge on any atom is -0.450 e. The van der Waals surface area contributed by atoms with Crippen LogP contribution in [0.25, 0.3) is 0 Å². The van der Waals surface area contributed by atoms with Crippen LogP contribution in [0.15, 0.2) is 22.6 Å². The van der Waals surface area contributed by atoms with Gasteiger partial charge in [-0.1, -0.05) is 11.3 Å². The van der Waals surface area contributed by atoms with Gasteiger partial charge in [0.05, 0.1) is 6.61 Å². The first kappa shape index (κ1) is 13.4. The van der Waals surface area contributed by atoms with Crippen LogP contribution in [0, 0.1) is 5.82 Å². The number of amides is 1. The molecule has 0 aromatic heterocycles. The Labute approximate surface area is 100.0 Å². The van der Waals surface area contributed by atoms with Crippen molar-refractivity contribution in [3.05, 3.63) is 29.6 Å². The van der Waals surface area contributed by atoms with Gasteiger partial charge in [0, 0.05) is 5.69 Å². The van der Waals surface area contributed by atoms with Crippen molar-refractivity contribution in [1.29, 1.82) is 0 Å². The normalized spacial score (nSPS) is 12.4. The Morgan fingerprint density at radius 3 is 2.82 bits per heavy atom. The molecule has 0 saturated carbocycles. The van der Waals surface area contributed by atoms with Crippen LogP contribution in [-0.2, 0) is 25.3 Å². The Morgan fingerprint density at radius 1 is 1.53 bits per heavy atom. The topological polar surface area (TPSA) is 81.8 Å². The Morgan fingerprint density at radius 2 is 2.24 bits per heavy atom. The van der Waals surface area contributed by atoms with Crippen LogP contribution in [0.4, 0.5) is 14.9 Å². The zero-order valence-electron chi connectivity index (χ0n) is 9.18. The molecule has 0 bridgehead atoms. The molecule has 0 spiro atoms. The van der Waals surface area contributed by atoms with Crippen molar-refractivity contribution >= 4 is 22.4 Å². The number of anilines is 1. The Bertz CT molecular complexity index is 478. The van der Waals surface area contributed by atoms with Crippen LogP contribution in [0.3, 0.4) is 0 Å². The summed E-state index contributed by atoms with van der Waals surface area (Å²) < 4.78 is 32.1. The van der Waals surface area contributed by atoms with Gasteiger partial charge in [-0.3, -0.25) is 4.36 Å². The maximum Gasteiger partial charge on any atom is 0.409 e. The molecule has 0 aliphatic rings. The van der Waals surface area contributed by atoms with Crippen molar-refractivity contribution in [2.24, 2.45) is 4.36 Å². The van der Waals surface area contributed by atoms with Crippen molar-refractivity contribution in [2.75, 3.05) is 12.3 Å². The minimum atomic E-state index is -1.79. The van der Waals surface area contributed by atoms with Crippen LogP contribution in [0.1, 0.15) is 12.5 Å². The summed E-state index contributed by atoms with van der Waals surface area (Å²) in [5, 5.41) is 0. The van der Waals surface area contributed by atoms with Crippen molar-refractivity contribution in [3.8, 4) is 0 Å². The van der Waals surface area contributed by atoms with E-state index in [0.29, 0.717) is 5.56 Å². The van der Waals surface area contributed by atoms with E-state index in [1.54, 1.807) is 6.92 Å². The van der Waals surface area contributed by atoms with E-state index in [4.69, 9.17) is 5.73 Å². The second-order valence-electron chi connectivity index (χ2n) is 3.15. The highest BCUT2D eigenvalue weighted by atomic mass is 32.2. The fourth-order valence-electron chi connectivity index (χ4n) is 1.17. The molecule has 0 fully saturated rings. The second-order valence-corrected chi connectivity index (χ2v) is 4.26. The molecule has 0 unspecified atom stereocenters. The number of halogens is 1. The molecule has 5 nitrogen and oxygen atoms in total. The first-order valence-corrected chi connectivity index (χ1v) is 6.10. The molecule has 2 N–H and O–H groups in total. The summed E-state index contributed by atoms with van der Waals surface area (Å²) in [6.07, 6.45) is -0.893. The number of rotatable bonds is 3. The number of carbonyl (C=O) groups excluding carboxylic acids is 1. The molecule has 1 aromatic rings. The van der Waals surface area contributed by atoms with Crippen molar-refractivity contribution in [1.82, 2.24) is 0 Å². The first-order chi connectivity index (χ1) is 8.01. The Hall–Kier alpha value is -1.63. The molecule has 1 amide bonds.